The first kappa shape index (κ1) is 19.9. The van der Waals surface area contributed by atoms with Crippen LogP contribution in [-0.4, -0.2) is 29.5 Å². The highest BCUT2D eigenvalue weighted by Gasteiger charge is 2.18. The van der Waals surface area contributed by atoms with Gasteiger partial charge in [-0.15, -0.1) is 0 Å². The lowest BCUT2D eigenvalue weighted by molar-refractivity contribution is -0.144. The van der Waals surface area contributed by atoms with Crippen molar-refractivity contribution in [3.8, 4) is 17.5 Å². The predicted octanol–water partition coefficient (Wildman–Crippen LogP) is 3.77. The summed E-state index contributed by atoms with van der Waals surface area (Å²) in [5, 5.41) is 8.77. The molecular formula is C23H20N2O4. The second-order valence-corrected chi connectivity index (χ2v) is 6.46. The van der Waals surface area contributed by atoms with E-state index in [4.69, 9.17) is 14.7 Å². The van der Waals surface area contributed by atoms with Crippen molar-refractivity contribution < 1.29 is 19.1 Å². The summed E-state index contributed by atoms with van der Waals surface area (Å²) in [6.45, 7) is 3.12. The smallest absolute Gasteiger partial charge is 0.344 e. The highest BCUT2D eigenvalue weighted by atomic mass is 16.6. The Hall–Kier alpha value is -3.85. The van der Waals surface area contributed by atoms with E-state index >= 15 is 0 Å². The van der Waals surface area contributed by atoms with Gasteiger partial charge in [0, 0.05) is 22.6 Å². The fourth-order valence-electron chi connectivity index (χ4n) is 3.05. The van der Waals surface area contributed by atoms with Crippen LogP contribution in [0.15, 0.2) is 60.7 Å². The first-order valence-corrected chi connectivity index (χ1v) is 9.05. The lowest BCUT2D eigenvalue weighted by Gasteiger charge is -2.10. The molecule has 0 atom stereocenters. The fraction of sp³-hybridized carbons (Fsp3) is 0.174. The molecule has 146 valence electrons. The number of Topliss-reactive ketones (excluding diaryl/α,β-unsaturated/α-hetero) is 1. The Morgan fingerprint density at radius 3 is 2.34 bits per heavy atom. The van der Waals surface area contributed by atoms with E-state index in [2.05, 4.69) is 0 Å². The summed E-state index contributed by atoms with van der Waals surface area (Å²) in [7, 11) is 0. The maximum Gasteiger partial charge on any atom is 0.344 e. The molecule has 0 radical (unpaired) electrons. The lowest BCUT2D eigenvalue weighted by atomic mass is 10.1. The lowest BCUT2D eigenvalue weighted by Crippen LogP contribution is -2.19. The van der Waals surface area contributed by atoms with Gasteiger partial charge in [0.2, 0.25) is 5.78 Å². The van der Waals surface area contributed by atoms with Crippen LogP contribution >= 0.6 is 0 Å². The first-order chi connectivity index (χ1) is 14.0. The molecule has 0 aliphatic heterocycles. The molecular weight excluding hydrogens is 368 g/mol. The third kappa shape index (κ3) is 4.71. The van der Waals surface area contributed by atoms with Crippen molar-refractivity contribution >= 4 is 11.8 Å². The standard InChI is InChI=1S/C23H20N2O4/c1-16-12-21(17(2)25(16)19-6-4-3-5-7-19)22(26)14-29-23(27)15-28-20-10-8-18(13-24)9-11-20/h3-12H,14-15H2,1-2H3. The van der Waals surface area contributed by atoms with Gasteiger partial charge in [0.1, 0.15) is 5.75 Å². The molecule has 0 unspecified atom stereocenters. The molecule has 1 aromatic heterocycles. The predicted molar refractivity (Wildman–Crippen MR) is 107 cm³/mol. The van der Waals surface area contributed by atoms with Crippen LogP contribution in [-0.2, 0) is 9.53 Å². The third-order valence-electron chi connectivity index (χ3n) is 4.45. The second-order valence-electron chi connectivity index (χ2n) is 6.46. The van der Waals surface area contributed by atoms with Gasteiger partial charge in [-0.2, -0.15) is 5.26 Å². The number of nitriles is 1. The molecule has 2 aromatic carbocycles. The zero-order valence-corrected chi connectivity index (χ0v) is 16.2. The minimum atomic E-state index is -0.639. The van der Waals surface area contributed by atoms with Gasteiger partial charge in [0.25, 0.3) is 0 Å². The van der Waals surface area contributed by atoms with E-state index in [-0.39, 0.29) is 19.0 Å². The Bertz CT molecular complexity index is 1060. The Kier molecular flexibility index (Phi) is 6.10. The highest BCUT2D eigenvalue weighted by Crippen LogP contribution is 2.21. The number of rotatable bonds is 7. The average molecular weight is 388 g/mol. The van der Waals surface area contributed by atoms with Crippen LogP contribution in [0.25, 0.3) is 5.69 Å². The number of benzene rings is 2. The van der Waals surface area contributed by atoms with Crippen LogP contribution in [0.4, 0.5) is 0 Å². The van der Waals surface area contributed by atoms with E-state index in [0.29, 0.717) is 16.9 Å². The van der Waals surface area contributed by atoms with Crippen molar-refractivity contribution in [3.63, 3.8) is 0 Å². The van der Waals surface area contributed by atoms with Crippen LogP contribution < -0.4 is 4.74 Å². The van der Waals surface area contributed by atoms with Crippen LogP contribution in [0.3, 0.4) is 0 Å². The minimum absolute atomic E-state index is 0.271. The quantitative estimate of drug-likeness (QED) is 0.455. The monoisotopic (exact) mass is 388 g/mol. The summed E-state index contributed by atoms with van der Waals surface area (Å²) in [6.07, 6.45) is 0. The molecule has 0 saturated heterocycles. The van der Waals surface area contributed by atoms with Crippen molar-refractivity contribution in [2.45, 2.75) is 13.8 Å². The van der Waals surface area contributed by atoms with Gasteiger partial charge in [0.15, 0.2) is 13.2 Å². The Morgan fingerprint density at radius 1 is 1.00 bits per heavy atom. The van der Waals surface area contributed by atoms with Gasteiger partial charge in [-0.25, -0.2) is 4.79 Å². The van der Waals surface area contributed by atoms with Gasteiger partial charge in [0.05, 0.1) is 11.6 Å². The van der Waals surface area contributed by atoms with Gasteiger partial charge >= 0.3 is 5.97 Å². The van der Waals surface area contributed by atoms with Crippen LogP contribution in [0.1, 0.15) is 27.3 Å². The number of carbonyl (C=O) groups is 2. The number of hydrogen-bond acceptors (Lipinski definition) is 5. The first-order valence-electron chi connectivity index (χ1n) is 9.05. The topological polar surface area (TPSA) is 81.3 Å². The second kappa shape index (κ2) is 8.89. The number of nitrogens with zero attached hydrogens (tertiary/aromatic N) is 2. The summed E-state index contributed by atoms with van der Waals surface area (Å²) < 4.78 is 12.4. The number of para-hydroxylation sites is 1. The Labute approximate surface area is 168 Å². The number of ether oxygens (including phenoxy) is 2. The summed E-state index contributed by atoms with van der Waals surface area (Å²) in [5.41, 5.74) is 3.70. The molecule has 0 aliphatic rings. The number of aromatic nitrogens is 1. The van der Waals surface area contributed by atoms with E-state index < -0.39 is 5.97 Å². The maximum absolute atomic E-state index is 12.5. The summed E-state index contributed by atoms with van der Waals surface area (Å²) in [5.74, 6) is -0.467. The van der Waals surface area contributed by atoms with Crippen molar-refractivity contribution in [1.29, 1.82) is 5.26 Å². The van der Waals surface area contributed by atoms with Crippen molar-refractivity contribution in [2.75, 3.05) is 13.2 Å². The fourth-order valence-corrected chi connectivity index (χ4v) is 3.05. The van der Waals surface area contributed by atoms with Gasteiger partial charge in [-0.1, -0.05) is 18.2 Å². The Balaban J connectivity index is 1.58. The molecule has 6 nitrogen and oxygen atoms in total. The maximum atomic E-state index is 12.5. The molecule has 6 heteroatoms. The zero-order chi connectivity index (χ0) is 20.8. The molecule has 0 spiro atoms. The van der Waals surface area contributed by atoms with E-state index in [0.717, 1.165) is 17.1 Å². The number of esters is 1. The molecule has 3 aromatic rings. The number of hydrogen-bond donors (Lipinski definition) is 0. The number of carbonyl (C=O) groups excluding carboxylic acids is 2. The largest absolute Gasteiger partial charge is 0.482 e. The SMILES string of the molecule is Cc1cc(C(=O)COC(=O)COc2ccc(C#N)cc2)c(C)n1-c1ccccc1. The molecule has 0 aliphatic carbocycles. The average Bonchev–Trinajstić information content (AvgIpc) is 3.05. The molecule has 3 rings (SSSR count). The van der Waals surface area contributed by atoms with Crippen LogP contribution in [0.5, 0.6) is 5.75 Å². The molecule has 0 bridgehead atoms. The zero-order valence-electron chi connectivity index (χ0n) is 16.2. The molecule has 29 heavy (non-hydrogen) atoms. The van der Waals surface area contributed by atoms with Crippen molar-refractivity contribution in [3.05, 3.63) is 83.2 Å². The number of ketones is 1. The molecule has 1 heterocycles. The van der Waals surface area contributed by atoms with Gasteiger partial charge in [-0.3, -0.25) is 4.79 Å². The van der Waals surface area contributed by atoms with E-state index in [1.54, 1.807) is 30.3 Å². The normalized spacial score (nSPS) is 10.2. The Morgan fingerprint density at radius 2 is 1.69 bits per heavy atom. The van der Waals surface area contributed by atoms with E-state index in [1.165, 1.54) is 0 Å². The van der Waals surface area contributed by atoms with Crippen LogP contribution in [0.2, 0.25) is 0 Å². The summed E-state index contributed by atoms with van der Waals surface area (Å²) in [4.78, 5) is 24.4. The van der Waals surface area contributed by atoms with E-state index in [1.807, 2.05) is 54.8 Å². The summed E-state index contributed by atoms with van der Waals surface area (Å²) >= 11 is 0. The third-order valence-corrected chi connectivity index (χ3v) is 4.45. The van der Waals surface area contributed by atoms with Crippen LogP contribution in [0, 0.1) is 25.2 Å². The van der Waals surface area contributed by atoms with E-state index in [9.17, 15) is 9.59 Å². The molecule has 0 amide bonds. The van der Waals surface area contributed by atoms with Gasteiger partial charge in [-0.05, 0) is 56.3 Å². The molecule has 0 N–H and O–H groups in total. The highest BCUT2D eigenvalue weighted by molar-refractivity contribution is 5.99. The van der Waals surface area contributed by atoms with Gasteiger partial charge < -0.3 is 14.0 Å². The molecule has 0 fully saturated rings. The minimum Gasteiger partial charge on any atom is -0.482 e. The van der Waals surface area contributed by atoms with Crippen molar-refractivity contribution in [1.82, 2.24) is 4.57 Å². The van der Waals surface area contributed by atoms with Crippen molar-refractivity contribution in [2.24, 2.45) is 0 Å². The molecule has 0 saturated carbocycles. The number of aryl methyl sites for hydroxylation is 1. The summed E-state index contributed by atoms with van der Waals surface area (Å²) in [6, 6.07) is 19.9.